The predicted molar refractivity (Wildman–Crippen MR) is 92.6 cm³/mol. The quantitative estimate of drug-likeness (QED) is 0.819. The van der Waals surface area contributed by atoms with Crippen LogP contribution in [0.1, 0.15) is 65.7 Å². The third-order valence-corrected chi connectivity index (χ3v) is 6.02. The normalized spacial score (nSPS) is 32.0. The molecule has 1 heterocycles. The number of nitrogens with zero attached hydrogens (tertiary/aromatic N) is 1. The summed E-state index contributed by atoms with van der Waals surface area (Å²) in [6.45, 7) is 11.9. The maximum atomic E-state index is 3.29. The highest BCUT2D eigenvalue weighted by molar-refractivity contribution is 5.04. The summed E-state index contributed by atoms with van der Waals surface area (Å²) in [6, 6.07) is 0. The zero-order valence-corrected chi connectivity index (χ0v) is 15.0. The van der Waals surface area contributed by atoms with Crippen molar-refractivity contribution in [2.24, 2.45) is 23.2 Å². The van der Waals surface area contributed by atoms with E-state index in [0.717, 1.165) is 23.2 Å². The monoisotopic (exact) mass is 294 g/mol. The van der Waals surface area contributed by atoms with Crippen molar-refractivity contribution in [3.63, 3.8) is 0 Å². The molecule has 2 aliphatic carbocycles. The van der Waals surface area contributed by atoms with E-state index in [9.17, 15) is 0 Å². The lowest BCUT2D eigenvalue weighted by Gasteiger charge is -2.60. The van der Waals surface area contributed by atoms with Crippen molar-refractivity contribution in [3.05, 3.63) is 0 Å². The van der Waals surface area contributed by atoms with Gasteiger partial charge in [-0.15, -0.1) is 0 Å². The fourth-order valence-electron chi connectivity index (χ4n) is 4.88. The SMILES string of the molecule is CC.CNCCC1CC2(C1)CN(CC1CCC(C)CC1)C2. The van der Waals surface area contributed by atoms with E-state index in [4.69, 9.17) is 0 Å². The maximum Gasteiger partial charge on any atom is 0.00508 e. The van der Waals surface area contributed by atoms with Gasteiger partial charge in [0.25, 0.3) is 0 Å². The zero-order chi connectivity index (χ0) is 15.3. The molecule has 0 atom stereocenters. The predicted octanol–water partition coefficient (Wildman–Crippen LogP) is 4.16. The van der Waals surface area contributed by atoms with Gasteiger partial charge in [-0.25, -0.2) is 0 Å². The Morgan fingerprint density at radius 2 is 1.62 bits per heavy atom. The Labute approximate surface area is 133 Å². The highest BCUT2D eigenvalue weighted by Crippen LogP contribution is 2.53. The van der Waals surface area contributed by atoms with Crippen LogP contribution in [0.15, 0.2) is 0 Å². The fourth-order valence-corrected chi connectivity index (χ4v) is 4.88. The first-order valence-corrected chi connectivity index (χ1v) is 9.56. The van der Waals surface area contributed by atoms with E-state index < -0.39 is 0 Å². The molecule has 1 spiro atoms. The van der Waals surface area contributed by atoms with Crippen molar-refractivity contribution < 1.29 is 0 Å². The van der Waals surface area contributed by atoms with Crippen molar-refractivity contribution in [2.45, 2.75) is 65.7 Å². The van der Waals surface area contributed by atoms with Gasteiger partial charge in [-0.05, 0) is 68.9 Å². The van der Waals surface area contributed by atoms with Gasteiger partial charge < -0.3 is 10.2 Å². The van der Waals surface area contributed by atoms with E-state index in [0.29, 0.717) is 0 Å². The molecule has 124 valence electrons. The van der Waals surface area contributed by atoms with Gasteiger partial charge in [-0.2, -0.15) is 0 Å². The Morgan fingerprint density at radius 3 is 2.19 bits per heavy atom. The third-order valence-electron chi connectivity index (χ3n) is 6.02. The third kappa shape index (κ3) is 4.45. The Bertz CT molecular complexity index is 280. The van der Waals surface area contributed by atoms with Crippen molar-refractivity contribution in [1.82, 2.24) is 10.2 Å². The van der Waals surface area contributed by atoms with Crippen LogP contribution in [0.3, 0.4) is 0 Å². The van der Waals surface area contributed by atoms with Crippen LogP contribution in [0.4, 0.5) is 0 Å². The number of likely N-dealkylation sites (tertiary alicyclic amines) is 1. The molecular formula is C19H38N2. The van der Waals surface area contributed by atoms with Crippen LogP contribution >= 0.6 is 0 Å². The van der Waals surface area contributed by atoms with Crippen LogP contribution in [-0.4, -0.2) is 38.1 Å². The minimum Gasteiger partial charge on any atom is -0.320 e. The lowest BCUT2D eigenvalue weighted by Crippen LogP contribution is -2.63. The van der Waals surface area contributed by atoms with Crippen LogP contribution < -0.4 is 5.32 Å². The molecule has 2 nitrogen and oxygen atoms in total. The fraction of sp³-hybridized carbons (Fsp3) is 1.00. The van der Waals surface area contributed by atoms with E-state index >= 15 is 0 Å². The number of rotatable bonds is 5. The first-order chi connectivity index (χ1) is 10.2. The molecule has 0 unspecified atom stereocenters. The Hall–Kier alpha value is -0.0800. The average Bonchev–Trinajstić information content (AvgIpc) is 2.43. The molecule has 3 aliphatic rings. The summed E-state index contributed by atoms with van der Waals surface area (Å²) in [6.07, 6.45) is 10.4. The summed E-state index contributed by atoms with van der Waals surface area (Å²) in [4.78, 5) is 2.76. The second-order valence-corrected chi connectivity index (χ2v) is 7.96. The van der Waals surface area contributed by atoms with E-state index in [1.165, 1.54) is 71.1 Å². The van der Waals surface area contributed by atoms with Gasteiger partial charge in [0.1, 0.15) is 0 Å². The van der Waals surface area contributed by atoms with Gasteiger partial charge in [0.2, 0.25) is 0 Å². The second kappa shape index (κ2) is 7.97. The summed E-state index contributed by atoms with van der Waals surface area (Å²) in [5.74, 6) is 3.05. The molecule has 0 bridgehead atoms. The summed E-state index contributed by atoms with van der Waals surface area (Å²) in [5.41, 5.74) is 0.778. The highest BCUT2D eigenvalue weighted by Gasteiger charge is 2.51. The first-order valence-electron chi connectivity index (χ1n) is 9.56. The molecule has 0 amide bonds. The molecule has 2 heteroatoms. The first kappa shape index (κ1) is 17.3. The molecule has 1 aliphatic heterocycles. The van der Waals surface area contributed by atoms with Crippen LogP contribution in [-0.2, 0) is 0 Å². The van der Waals surface area contributed by atoms with Crippen LogP contribution in [0.5, 0.6) is 0 Å². The number of hydrogen-bond acceptors (Lipinski definition) is 2. The molecular weight excluding hydrogens is 256 g/mol. The molecule has 1 N–H and O–H groups in total. The van der Waals surface area contributed by atoms with E-state index in [-0.39, 0.29) is 0 Å². The summed E-state index contributed by atoms with van der Waals surface area (Å²) in [7, 11) is 2.07. The largest absolute Gasteiger partial charge is 0.320 e. The lowest BCUT2D eigenvalue weighted by molar-refractivity contribution is -0.102. The van der Waals surface area contributed by atoms with Crippen LogP contribution in [0.25, 0.3) is 0 Å². The lowest BCUT2D eigenvalue weighted by atomic mass is 9.57. The Kier molecular flexibility index (Phi) is 6.55. The summed E-state index contributed by atoms with van der Waals surface area (Å²) < 4.78 is 0. The van der Waals surface area contributed by atoms with Gasteiger partial charge in [0, 0.05) is 19.6 Å². The van der Waals surface area contributed by atoms with Crippen molar-refractivity contribution in [2.75, 3.05) is 33.2 Å². The van der Waals surface area contributed by atoms with Crippen molar-refractivity contribution in [1.29, 1.82) is 0 Å². The van der Waals surface area contributed by atoms with E-state index in [2.05, 4.69) is 24.2 Å². The smallest absolute Gasteiger partial charge is 0.00508 e. The maximum absolute atomic E-state index is 3.29. The van der Waals surface area contributed by atoms with Gasteiger partial charge in [-0.1, -0.05) is 33.6 Å². The molecule has 21 heavy (non-hydrogen) atoms. The zero-order valence-electron chi connectivity index (χ0n) is 15.0. The highest BCUT2D eigenvalue weighted by atomic mass is 15.2. The minimum absolute atomic E-state index is 0.778. The van der Waals surface area contributed by atoms with Gasteiger partial charge >= 0.3 is 0 Å². The van der Waals surface area contributed by atoms with Gasteiger partial charge in [0.05, 0.1) is 0 Å². The molecule has 2 saturated carbocycles. The van der Waals surface area contributed by atoms with E-state index in [1.807, 2.05) is 13.8 Å². The standard InChI is InChI=1S/C17H32N2.C2H6/c1-14-3-5-15(6-4-14)11-19-12-17(13-19)9-16(10-17)7-8-18-2;1-2/h14-16,18H,3-13H2,1-2H3;1-2H3. The summed E-state index contributed by atoms with van der Waals surface area (Å²) in [5, 5.41) is 3.29. The second-order valence-electron chi connectivity index (χ2n) is 7.96. The molecule has 3 fully saturated rings. The molecule has 0 aromatic carbocycles. The minimum atomic E-state index is 0.778. The van der Waals surface area contributed by atoms with Crippen LogP contribution in [0, 0.1) is 23.2 Å². The van der Waals surface area contributed by atoms with Crippen LogP contribution in [0.2, 0.25) is 0 Å². The summed E-state index contributed by atoms with van der Waals surface area (Å²) >= 11 is 0. The Balaban J connectivity index is 0.000000774. The average molecular weight is 295 g/mol. The number of hydrogen-bond donors (Lipinski definition) is 1. The number of nitrogens with one attached hydrogen (secondary N) is 1. The molecule has 0 aromatic rings. The molecule has 3 rings (SSSR count). The molecule has 0 aromatic heterocycles. The molecule has 1 saturated heterocycles. The van der Waals surface area contributed by atoms with E-state index in [1.54, 1.807) is 0 Å². The van der Waals surface area contributed by atoms with Gasteiger partial charge in [0.15, 0.2) is 0 Å². The van der Waals surface area contributed by atoms with Crippen molar-refractivity contribution in [3.8, 4) is 0 Å². The van der Waals surface area contributed by atoms with Crippen molar-refractivity contribution >= 4 is 0 Å². The Morgan fingerprint density at radius 1 is 1.00 bits per heavy atom. The topological polar surface area (TPSA) is 15.3 Å². The van der Waals surface area contributed by atoms with Gasteiger partial charge in [-0.3, -0.25) is 0 Å². The molecule has 0 radical (unpaired) electrons.